The molecule has 0 amide bonds. The highest BCUT2D eigenvalue weighted by molar-refractivity contribution is 5.79. The first kappa shape index (κ1) is 20.9. The minimum Gasteiger partial charge on any atom is -0.395 e. The van der Waals surface area contributed by atoms with Crippen molar-refractivity contribution in [2.75, 3.05) is 32.8 Å². The minimum atomic E-state index is -0.666. The lowest BCUT2D eigenvalue weighted by Gasteiger charge is -2.28. The highest BCUT2D eigenvalue weighted by Gasteiger charge is 2.19. The van der Waals surface area contributed by atoms with Gasteiger partial charge in [0, 0.05) is 37.9 Å². The van der Waals surface area contributed by atoms with Gasteiger partial charge in [-0.1, -0.05) is 18.2 Å². The van der Waals surface area contributed by atoms with E-state index in [1.165, 1.54) is 0 Å². The molecule has 146 valence electrons. The van der Waals surface area contributed by atoms with E-state index in [0.29, 0.717) is 26.2 Å². The van der Waals surface area contributed by atoms with Crippen molar-refractivity contribution in [2.24, 2.45) is 0 Å². The first-order valence-electron chi connectivity index (χ1n) is 9.15. The molecule has 0 aliphatic heterocycles. The van der Waals surface area contributed by atoms with Crippen LogP contribution in [-0.4, -0.2) is 75.4 Å². The lowest BCUT2D eigenvalue weighted by Crippen LogP contribution is -2.42. The van der Waals surface area contributed by atoms with Gasteiger partial charge in [0.2, 0.25) is 0 Å². The molecule has 6 heteroatoms. The van der Waals surface area contributed by atoms with Crippen LogP contribution in [0.5, 0.6) is 0 Å². The first-order valence-corrected chi connectivity index (χ1v) is 9.15. The van der Waals surface area contributed by atoms with Crippen molar-refractivity contribution in [3.63, 3.8) is 0 Å². The molecule has 0 aliphatic rings. The predicted molar refractivity (Wildman–Crippen MR) is 103 cm³/mol. The van der Waals surface area contributed by atoms with Gasteiger partial charge < -0.3 is 24.6 Å². The lowest BCUT2D eigenvalue weighted by atomic mass is 10.2. The Morgan fingerprint density at radius 2 is 1.77 bits per heavy atom. The number of ether oxygens (including phenoxy) is 1. The third-order valence-electron chi connectivity index (χ3n) is 4.15. The molecule has 2 atom stereocenters. The molecule has 2 aromatic rings. The Kier molecular flexibility index (Phi) is 7.61. The molecule has 1 aromatic carbocycles. The molecule has 1 aromatic heterocycles. The summed E-state index contributed by atoms with van der Waals surface area (Å²) < 4.78 is 7.63. The van der Waals surface area contributed by atoms with Crippen LogP contribution in [-0.2, 0) is 11.3 Å². The Balaban J connectivity index is 1.89. The summed E-state index contributed by atoms with van der Waals surface area (Å²) in [7, 11) is 0. The highest BCUT2D eigenvalue weighted by Crippen LogP contribution is 2.15. The lowest BCUT2D eigenvalue weighted by molar-refractivity contribution is -0.0593. The van der Waals surface area contributed by atoms with Gasteiger partial charge in [0.05, 0.1) is 31.0 Å². The quantitative estimate of drug-likeness (QED) is 0.595. The third kappa shape index (κ3) is 6.70. The van der Waals surface area contributed by atoms with E-state index < -0.39 is 12.2 Å². The SMILES string of the molecule is CC(C)(C)OC[C@@H](O)CN(CCO)C[C@@H](O)Cn1ccc2ccccc21. The van der Waals surface area contributed by atoms with E-state index >= 15 is 0 Å². The van der Waals surface area contributed by atoms with Gasteiger partial charge in [-0.15, -0.1) is 0 Å². The van der Waals surface area contributed by atoms with Crippen molar-refractivity contribution in [3.05, 3.63) is 36.5 Å². The number of benzene rings is 1. The van der Waals surface area contributed by atoms with Crippen LogP contribution in [0, 0.1) is 0 Å². The average Bonchev–Trinajstić information content (AvgIpc) is 2.96. The van der Waals surface area contributed by atoms with E-state index in [4.69, 9.17) is 4.74 Å². The van der Waals surface area contributed by atoms with E-state index in [-0.39, 0.29) is 18.8 Å². The monoisotopic (exact) mass is 364 g/mol. The first-order chi connectivity index (χ1) is 12.3. The second kappa shape index (κ2) is 9.48. The zero-order valence-corrected chi connectivity index (χ0v) is 16.0. The Morgan fingerprint density at radius 1 is 1.08 bits per heavy atom. The maximum atomic E-state index is 10.5. The van der Waals surface area contributed by atoms with Gasteiger partial charge in [-0.2, -0.15) is 0 Å². The second-order valence-electron chi connectivity index (χ2n) is 7.74. The van der Waals surface area contributed by atoms with E-state index in [9.17, 15) is 15.3 Å². The van der Waals surface area contributed by atoms with E-state index in [1.807, 2.05) is 66.8 Å². The molecule has 0 fully saturated rings. The van der Waals surface area contributed by atoms with Gasteiger partial charge >= 0.3 is 0 Å². The number of aromatic nitrogens is 1. The normalized spacial score (nSPS) is 14.9. The summed E-state index contributed by atoms with van der Waals surface area (Å²) >= 11 is 0. The molecule has 0 aliphatic carbocycles. The number of aliphatic hydroxyl groups is 3. The van der Waals surface area contributed by atoms with E-state index in [1.54, 1.807) is 0 Å². The van der Waals surface area contributed by atoms with Gasteiger partial charge in [0.15, 0.2) is 0 Å². The Hall–Kier alpha value is -1.44. The fourth-order valence-electron chi connectivity index (χ4n) is 2.98. The smallest absolute Gasteiger partial charge is 0.0900 e. The number of nitrogens with zero attached hydrogens (tertiary/aromatic N) is 2. The third-order valence-corrected chi connectivity index (χ3v) is 4.15. The molecule has 0 unspecified atom stereocenters. The zero-order valence-electron chi connectivity index (χ0n) is 16.0. The van der Waals surface area contributed by atoms with Crippen LogP contribution >= 0.6 is 0 Å². The number of para-hydroxylation sites is 1. The molecule has 1 heterocycles. The number of rotatable bonds is 10. The van der Waals surface area contributed by atoms with Crippen molar-refractivity contribution in [3.8, 4) is 0 Å². The van der Waals surface area contributed by atoms with Gasteiger partial charge in [-0.05, 0) is 38.3 Å². The van der Waals surface area contributed by atoms with Crippen molar-refractivity contribution >= 4 is 10.9 Å². The summed E-state index contributed by atoms with van der Waals surface area (Å²) in [5.74, 6) is 0. The molecule has 0 spiro atoms. The van der Waals surface area contributed by atoms with Gasteiger partial charge in [0.25, 0.3) is 0 Å². The maximum absolute atomic E-state index is 10.5. The number of fused-ring (bicyclic) bond motifs is 1. The summed E-state index contributed by atoms with van der Waals surface area (Å²) in [5.41, 5.74) is 0.775. The number of hydrogen-bond donors (Lipinski definition) is 3. The summed E-state index contributed by atoms with van der Waals surface area (Å²) in [6.45, 7) is 7.61. The van der Waals surface area contributed by atoms with Crippen molar-refractivity contribution in [1.29, 1.82) is 0 Å². The Bertz CT molecular complexity index is 665. The van der Waals surface area contributed by atoms with Crippen LogP contribution in [0.3, 0.4) is 0 Å². The minimum absolute atomic E-state index is 0.0218. The largest absolute Gasteiger partial charge is 0.395 e. The Labute approximate surface area is 155 Å². The molecule has 0 radical (unpaired) electrons. The van der Waals surface area contributed by atoms with Crippen molar-refractivity contribution in [2.45, 2.75) is 45.1 Å². The van der Waals surface area contributed by atoms with Gasteiger partial charge in [-0.3, -0.25) is 4.90 Å². The van der Waals surface area contributed by atoms with E-state index in [0.717, 1.165) is 10.9 Å². The fraction of sp³-hybridized carbons (Fsp3) is 0.600. The predicted octanol–water partition coefficient (Wildman–Crippen LogP) is 1.47. The van der Waals surface area contributed by atoms with Crippen molar-refractivity contribution in [1.82, 2.24) is 9.47 Å². The molecule has 26 heavy (non-hydrogen) atoms. The molecule has 6 nitrogen and oxygen atoms in total. The standard InChI is InChI=1S/C20H32N2O4/c1-20(2,3)26-15-18(25)13-21(10-11-23)12-17(24)14-22-9-8-16-6-4-5-7-19(16)22/h4-9,17-18,23-25H,10-15H2,1-3H3/t17-,18+/m1/s1. The van der Waals surface area contributed by atoms with Crippen LogP contribution in [0.15, 0.2) is 36.5 Å². The van der Waals surface area contributed by atoms with Gasteiger partial charge in [0.1, 0.15) is 0 Å². The average molecular weight is 364 g/mol. The molecular weight excluding hydrogens is 332 g/mol. The fourth-order valence-corrected chi connectivity index (χ4v) is 2.98. The molecule has 0 saturated carbocycles. The topological polar surface area (TPSA) is 78.1 Å². The molecule has 0 saturated heterocycles. The van der Waals surface area contributed by atoms with Crippen LogP contribution in [0.25, 0.3) is 10.9 Å². The zero-order chi connectivity index (χ0) is 19.2. The number of aliphatic hydroxyl groups excluding tert-OH is 3. The van der Waals surface area contributed by atoms with Crippen LogP contribution < -0.4 is 0 Å². The molecule has 2 rings (SSSR count). The van der Waals surface area contributed by atoms with Crippen LogP contribution in [0.4, 0.5) is 0 Å². The van der Waals surface area contributed by atoms with E-state index in [2.05, 4.69) is 0 Å². The maximum Gasteiger partial charge on any atom is 0.0900 e. The molecule has 3 N–H and O–H groups in total. The summed E-state index contributed by atoms with van der Waals surface area (Å²) in [6.07, 6.45) is 0.699. The summed E-state index contributed by atoms with van der Waals surface area (Å²) in [5, 5.41) is 31.1. The van der Waals surface area contributed by atoms with Crippen molar-refractivity contribution < 1.29 is 20.1 Å². The molecule has 0 bridgehead atoms. The summed E-state index contributed by atoms with van der Waals surface area (Å²) in [6, 6.07) is 10.1. The number of hydrogen-bond acceptors (Lipinski definition) is 5. The second-order valence-corrected chi connectivity index (χ2v) is 7.74. The van der Waals surface area contributed by atoms with Gasteiger partial charge in [-0.25, -0.2) is 0 Å². The summed E-state index contributed by atoms with van der Waals surface area (Å²) in [4.78, 5) is 1.87. The van der Waals surface area contributed by atoms with Crippen LogP contribution in [0.1, 0.15) is 20.8 Å². The molecular formula is C20H32N2O4. The Morgan fingerprint density at radius 3 is 2.46 bits per heavy atom. The highest BCUT2D eigenvalue weighted by atomic mass is 16.5. The van der Waals surface area contributed by atoms with Crippen LogP contribution in [0.2, 0.25) is 0 Å².